The van der Waals surface area contributed by atoms with Crippen LogP contribution in [-0.2, 0) is 21.4 Å². The van der Waals surface area contributed by atoms with E-state index in [9.17, 15) is 9.59 Å². The first-order chi connectivity index (χ1) is 16.1. The van der Waals surface area contributed by atoms with Crippen LogP contribution in [0.2, 0.25) is 0 Å². The van der Waals surface area contributed by atoms with E-state index >= 15 is 0 Å². The Morgan fingerprint density at radius 2 is 1.88 bits per heavy atom. The van der Waals surface area contributed by atoms with Crippen molar-refractivity contribution in [2.75, 3.05) is 20.8 Å². The van der Waals surface area contributed by atoms with E-state index in [1.807, 2.05) is 44.2 Å². The van der Waals surface area contributed by atoms with Gasteiger partial charge < -0.3 is 9.47 Å². The zero-order valence-electron chi connectivity index (χ0n) is 21.1. The predicted octanol–water partition coefficient (Wildman–Crippen LogP) is 4.73. The van der Waals surface area contributed by atoms with Gasteiger partial charge in [0.15, 0.2) is 5.78 Å². The number of rotatable bonds is 5. The summed E-state index contributed by atoms with van der Waals surface area (Å²) in [5, 5.41) is 0. The number of ether oxygens (including phenoxy) is 2. The van der Waals surface area contributed by atoms with Crippen molar-refractivity contribution in [1.82, 2.24) is 4.90 Å². The topological polar surface area (TPSA) is 55.8 Å². The second-order valence-corrected chi connectivity index (χ2v) is 10.9. The molecule has 5 atom stereocenters. The number of ketones is 1. The highest BCUT2D eigenvalue weighted by Gasteiger charge is 2.74. The summed E-state index contributed by atoms with van der Waals surface area (Å²) in [6.45, 7) is 8.65. The van der Waals surface area contributed by atoms with Gasteiger partial charge in [-0.15, -0.1) is 0 Å². The quantitative estimate of drug-likeness (QED) is 0.366. The standard InChI is InChI=1S/C29H35NO4/c1-7-34-26(32)29(25(31)20-10-8-9-18(2)13-20)17-28(4)23-14-19-11-12-21(33-6)15-22(19)27(28,3)16-24(29)30(23)5/h8-13,15,23-24H,7,14,16-17H2,1-6H3. The van der Waals surface area contributed by atoms with E-state index in [0.717, 1.165) is 17.7 Å². The van der Waals surface area contributed by atoms with Crippen LogP contribution < -0.4 is 4.74 Å². The Labute approximate surface area is 202 Å². The minimum Gasteiger partial charge on any atom is -0.497 e. The van der Waals surface area contributed by atoms with Gasteiger partial charge in [-0.3, -0.25) is 14.5 Å². The molecule has 0 amide bonds. The summed E-state index contributed by atoms with van der Waals surface area (Å²) >= 11 is 0. The van der Waals surface area contributed by atoms with Gasteiger partial charge in [0, 0.05) is 23.1 Å². The van der Waals surface area contributed by atoms with Crippen molar-refractivity contribution < 1.29 is 19.1 Å². The van der Waals surface area contributed by atoms with Gasteiger partial charge in [0.05, 0.1) is 13.7 Å². The van der Waals surface area contributed by atoms with E-state index in [4.69, 9.17) is 9.47 Å². The molecule has 2 saturated heterocycles. The summed E-state index contributed by atoms with van der Waals surface area (Å²) in [6, 6.07) is 14.0. The van der Waals surface area contributed by atoms with Gasteiger partial charge in [-0.05, 0) is 74.9 Å². The number of carbonyl (C=O) groups excluding carboxylic acids is 2. The molecule has 180 valence electrons. The third-order valence-corrected chi connectivity index (χ3v) is 9.45. The lowest BCUT2D eigenvalue weighted by atomic mass is 9.39. The van der Waals surface area contributed by atoms with Crippen molar-refractivity contribution in [1.29, 1.82) is 0 Å². The van der Waals surface area contributed by atoms with E-state index in [0.29, 0.717) is 18.4 Å². The lowest BCUT2D eigenvalue weighted by molar-refractivity contribution is -0.196. The zero-order chi connectivity index (χ0) is 24.5. The average molecular weight is 462 g/mol. The second-order valence-electron chi connectivity index (χ2n) is 10.9. The second kappa shape index (κ2) is 7.67. The highest BCUT2D eigenvalue weighted by molar-refractivity contribution is 6.13. The van der Waals surface area contributed by atoms with Gasteiger partial charge in [0.1, 0.15) is 11.2 Å². The smallest absolute Gasteiger partial charge is 0.321 e. The van der Waals surface area contributed by atoms with Crippen molar-refractivity contribution in [3.05, 3.63) is 64.7 Å². The lowest BCUT2D eigenvalue weighted by Gasteiger charge is -2.71. The maximum atomic E-state index is 14.3. The third-order valence-electron chi connectivity index (χ3n) is 9.45. The number of esters is 1. The maximum Gasteiger partial charge on any atom is 0.321 e. The molecule has 0 N–H and O–H groups in total. The first-order valence-electron chi connectivity index (χ1n) is 12.3. The van der Waals surface area contributed by atoms with E-state index in [1.165, 1.54) is 11.1 Å². The molecular formula is C29H35NO4. The molecule has 5 unspecified atom stereocenters. The monoisotopic (exact) mass is 461 g/mol. The van der Waals surface area contributed by atoms with Crippen LogP contribution in [0.5, 0.6) is 5.75 Å². The Balaban J connectivity index is 1.69. The van der Waals surface area contributed by atoms with Crippen LogP contribution in [0, 0.1) is 17.8 Å². The molecule has 5 heteroatoms. The molecule has 6 rings (SSSR count). The summed E-state index contributed by atoms with van der Waals surface area (Å²) in [7, 11) is 3.79. The fourth-order valence-electron chi connectivity index (χ4n) is 7.54. The normalized spacial score (nSPS) is 33.8. The van der Waals surface area contributed by atoms with Gasteiger partial charge in [-0.1, -0.05) is 43.7 Å². The Bertz CT molecular complexity index is 1170. The van der Waals surface area contributed by atoms with E-state index < -0.39 is 5.41 Å². The Morgan fingerprint density at radius 3 is 2.56 bits per heavy atom. The van der Waals surface area contributed by atoms with E-state index in [1.54, 1.807) is 7.11 Å². The summed E-state index contributed by atoms with van der Waals surface area (Å²) in [6.07, 6.45) is 2.10. The SMILES string of the molecule is CCOC(=O)C1(C(=O)c2cccc(C)c2)CC2(C)C3Cc4ccc(OC)cc4C2(C)CC1N3C. The van der Waals surface area contributed by atoms with Gasteiger partial charge >= 0.3 is 5.97 Å². The zero-order valence-corrected chi connectivity index (χ0v) is 21.1. The van der Waals surface area contributed by atoms with Crippen LogP contribution in [0.3, 0.4) is 0 Å². The highest BCUT2D eigenvalue weighted by Crippen LogP contribution is 2.68. The number of carbonyl (C=O) groups is 2. The molecule has 2 aromatic carbocycles. The van der Waals surface area contributed by atoms with E-state index in [2.05, 4.69) is 37.9 Å². The molecule has 5 nitrogen and oxygen atoms in total. The molecule has 0 spiro atoms. The summed E-state index contributed by atoms with van der Waals surface area (Å²) in [5.41, 5.74) is 2.54. The minimum absolute atomic E-state index is 0.107. The summed E-state index contributed by atoms with van der Waals surface area (Å²) in [5.74, 6) is 0.366. The van der Waals surface area contributed by atoms with Gasteiger partial charge in [0.2, 0.25) is 0 Å². The molecule has 4 bridgehead atoms. The van der Waals surface area contributed by atoms with Gasteiger partial charge in [0.25, 0.3) is 0 Å². The minimum atomic E-state index is -1.22. The molecule has 2 aliphatic heterocycles. The van der Waals surface area contributed by atoms with Crippen molar-refractivity contribution in [2.24, 2.45) is 10.8 Å². The predicted molar refractivity (Wildman–Crippen MR) is 131 cm³/mol. The summed E-state index contributed by atoms with van der Waals surface area (Å²) < 4.78 is 11.2. The fraction of sp³-hybridized carbons (Fsp3) is 0.517. The summed E-state index contributed by atoms with van der Waals surface area (Å²) in [4.78, 5) is 30.4. The molecule has 1 saturated carbocycles. The van der Waals surface area contributed by atoms with Crippen LogP contribution in [0.4, 0.5) is 0 Å². The van der Waals surface area contributed by atoms with E-state index in [-0.39, 0.29) is 41.3 Å². The Kier molecular flexibility index (Phi) is 5.21. The average Bonchev–Trinajstić information content (AvgIpc) is 2.81. The van der Waals surface area contributed by atoms with Crippen LogP contribution in [0.25, 0.3) is 0 Å². The fourth-order valence-corrected chi connectivity index (χ4v) is 7.54. The number of fused-ring (bicyclic) bond motifs is 2. The number of nitrogens with zero attached hydrogens (tertiary/aromatic N) is 1. The Hall–Kier alpha value is -2.66. The first kappa shape index (κ1) is 23.1. The number of likely N-dealkylation sites (N-methyl/N-ethyl adjacent to an activating group) is 1. The molecule has 0 radical (unpaired) electrons. The number of methoxy groups -OCH3 is 1. The molecule has 2 aliphatic carbocycles. The highest BCUT2D eigenvalue weighted by atomic mass is 16.5. The van der Waals surface area contributed by atoms with Crippen molar-refractivity contribution in [2.45, 2.75) is 64.5 Å². The maximum absolute atomic E-state index is 14.3. The lowest BCUT2D eigenvalue weighted by Crippen LogP contribution is -2.78. The molecule has 0 aromatic heterocycles. The van der Waals surface area contributed by atoms with Crippen molar-refractivity contribution in [3.8, 4) is 5.75 Å². The largest absolute Gasteiger partial charge is 0.497 e. The molecule has 2 heterocycles. The molecular weight excluding hydrogens is 426 g/mol. The van der Waals surface area contributed by atoms with Crippen molar-refractivity contribution >= 4 is 11.8 Å². The van der Waals surface area contributed by atoms with Crippen molar-refractivity contribution in [3.63, 3.8) is 0 Å². The van der Waals surface area contributed by atoms with Crippen LogP contribution in [0.1, 0.15) is 60.7 Å². The molecule has 34 heavy (non-hydrogen) atoms. The molecule has 4 aliphatic rings. The number of benzene rings is 2. The molecule has 3 fully saturated rings. The number of aryl methyl sites for hydroxylation is 1. The van der Waals surface area contributed by atoms with Gasteiger partial charge in [-0.25, -0.2) is 0 Å². The Morgan fingerprint density at radius 1 is 1.12 bits per heavy atom. The third kappa shape index (κ3) is 2.82. The van der Waals surface area contributed by atoms with Crippen LogP contribution in [0.15, 0.2) is 42.5 Å². The number of Topliss-reactive ketones (excluding diaryl/α,β-unsaturated/α-hetero) is 1. The first-order valence-corrected chi connectivity index (χ1v) is 12.3. The van der Waals surface area contributed by atoms with Crippen LogP contribution in [-0.4, -0.2) is 49.5 Å². The number of hydrogen-bond acceptors (Lipinski definition) is 5. The molecule has 2 aromatic rings. The van der Waals surface area contributed by atoms with Gasteiger partial charge in [-0.2, -0.15) is 0 Å². The number of piperidine rings is 2. The number of hydrogen-bond donors (Lipinski definition) is 0. The van der Waals surface area contributed by atoms with Crippen LogP contribution >= 0.6 is 0 Å².